The molecule has 3 rings (SSSR count). The molecule has 3 N–H and O–H groups in total. The maximum atomic E-state index is 13.3. The maximum absolute atomic E-state index is 13.3. The van der Waals surface area contributed by atoms with Gasteiger partial charge < -0.3 is 11.1 Å². The van der Waals surface area contributed by atoms with Gasteiger partial charge in [0.25, 0.3) is 0 Å². The van der Waals surface area contributed by atoms with Gasteiger partial charge in [0.15, 0.2) is 23.3 Å². The van der Waals surface area contributed by atoms with Gasteiger partial charge in [0.1, 0.15) is 12.0 Å². The lowest BCUT2D eigenvalue weighted by Gasteiger charge is -2.12. The maximum Gasteiger partial charge on any atom is 0.182 e. The zero-order valence-corrected chi connectivity index (χ0v) is 12.5. The van der Waals surface area contributed by atoms with Gasteiger partial charge in [-0.3, -0.25) is 0 Å². The number of aryl methyl sites for hydroxylation is 2. The smallest absolute Gasteiger partial charge is 0.182 e. The van der Waals surface area contributed by atoms with E-state index in [0.717, 1.165) is 23.5 Å². The zero-order chi connectivity index (χ0) is 16.6. The molecule has 0 atom stereocenters. The molecule has 0 saturated heterocycles. The van der Waals surface area contributed by atoms with E-state index in [1.54, 1.807) is 4.68 Å². The number of rotatable bonds is 3. The lowest BCUT2D eigenvalue weighted by Crippen LogP contribution is -2.09. The molecule has 8 heteroatoms. The second kappa shape index (κ2) is 5.64. The third-order valence-electron chi connectivity index (χ3n) is 3.26. The topological polar surface area (TPSA) is 81.7 Å². The minimum Gasteiger partial charge on any atom is -0.393 e. The molecule has 0 aliphatic rings. The van der Waals surface area contributed by atoms with E-state index in [9.17, 15) is 8.78 Å². The molecule has 0 aliphatic carbocycles. The first-order valence-electron chi connectivity index (χ1n) is 6.82. The van der Waals surface area contributed by atoms with Crippen molar-refractivity contribution in [3.05, 3.63) is 53.6 Å². The van der Waals surface area contributed by atoms with Gasteiger partial charge in [0.05, 0.1) is 5.69 Å². The van der Waals surface area contributed by atoms with E-state index in [0.29, 0.717) is 11.5 Å². The van der Waals surface area contributed by atoms with Crippen molar-refractivity contribution >= 4 is 17.2 Å². The number of hydrogen-bond donors (Lipinski definition) is 2. The van der Waals surface area contributed by atoms with Gasteiger partial charge in [-0.05, 0) is 32.0 Å². The number of benzene rings is 1. The van der Waals surface area contributed by atoms with Crippen LogP contribution in [0.25, 0.3) is 5.82 Å². The lowest BCUT2D eigenvalue weighted by atomic mass is 10.3. The second-order valence-electron chi connectivity index (χ2n) is 5.05. The number of anilines is 3. The van der Waals surface area contributed by atoms with Crippen LogP contribution in [-0.4, -0.2) is 19.7 Å². The molecule has 2 aromatic heterocycles. The zero-order valence-electron chi connectivity index (χ0n) is 12.5. The Bertz CT molecular complexity index is 874. The van der Waals surface area contributed by atoms with Crippen molar-refractivity contribution in [2.45, 2.75) is 13.8 Å². The Hall–Kier alpha value is -3.03. The van der Waals surface area contributed by atoms with Crippen molar-refractivity contribution in [2.75, 3.05) is 11.1 Å². The number of hydrogen-bond acceptors (Lipinski definition) is 5. The number of aromatic nitrogens is 4. The molecule has 0 saturated carbocycles. The van der Waals surface area contributed by atoms with Crippen molar-refractivity contribution in [3.8, 4) is 5.82 Å². The van der Waals surface area contributed by atoms with E-state index < -0.39 is 11.6 Å². The van der Waals surface area contributed by atoms with Crippen LogP contribution in [0.4, 0.5) is 26.0 Å². The first kappa shape index (κ1) is 14.9. The lowest BCUT2D eigenvalue weighted by molar-refractivity contribution is 0.509. The van der Waals surface area contributed by atoms with E-state index in [1.165, 1.54) is 12.4 Å². The normalized spacial score (nSPS) is 10.8. The van der Waals surface area contributed by atoms with E-state index in [2.05, 4.69) is 20.4 Å². The van der Waals surface area contributed by atoms with Gasteiger partial charge in [-0.25, -0.2) is 23.4 Å². The third-order valence-corrected chi connectivity index (χ3v) is 3.26. The molecule has 0 unspecified atom stereocenters. The standard InChI is InChI=1S/C15H14F2N6/c1-8-5-9(2)23(22-8)15-13(18)14(19-7-20-15)21-10-3-4-11(16)12(17)6-10/h3-7H,18H2,1-2H3,(H,19,20,21). The molecule has 0 bridgehead atoms. The Morgan fingerprint density at radius 1 is 1.09 bits per heavy atom. The molecule has 1 aromatic carbocycles. The Morgan fingerprint density at radius 3 is 2.52 bits per heavy atom. The average molecular weight is 316 g/mol. The minimum absolute atomic E-state index is 0.253. The summed E-state index contributed by atoms with van der Waals surface area (Å²) in [5.74, 6) is -1.18. The highest BCUT2D eigenvalue weighted by Gasteiger charge is 2.13. The van der Waals surface area contributed by atoms with Crippen LogP contribution in [-0.2, 0) is 0 Å². The molecule has 3 aromatic rings. The van der Waals surface area contributed by atoms with Crippen molar-refractivity contribution in [2.24, 2.45) is 0 Å². The first-order chi connectivity index (χ1) is 11.0. The predicted molar refractivity (Wildman–Crippen MR) is 82.7 cm³/mol. The van der Waals surface area contributed by atoms with Crippen LogP contribution in [0.5, 0.6) is 0 Å². The van der Waals surface area contributed by atoms with Crippen LogP contribution >= 0.6 is 0 Å². The molecule has 0 aliphatic heterocycles. The molecule has 6 nitrogen and oxygen atoms in total. The number of nitrogens with one attached hydrogen (secondary N) is 1. The van der Waals surface area contributed by atoms with Crippen molar-refractivity contribution in [1.82, 2.24) is 19.7 Å². The van der Waals surface area contributed by atoms with Crippen molar-refractivity contribution < 1.29 is 8.78 Å². The summed E-state index contributed by atoms with van der Waals surface area (Å²) in [6, 6.07) is 5.34. The Kier molecular flexibility index (Phi) is 3.65. The van der Waals surface area contributed by atoms with Gasteiger partial charge in [-0.15, -0.1) is 0 Å². The largest absolute Gasteiger partial charge is 0.393 e. The highest BCUT2D eigenvalue weighted by Crippen LogP contribution is 2.26. The number of nitrogens with two attached hydrogens (primary N) is 1. The van der Waals surface area contributed by atoms with Gasteiger partial charge >= 0.3 is 0 Å². The SMILES string of the molecule is Cc1cc(C)n(-c2ncnc(Nc3ccc(F)c(F)c3)c2N)n1. The summed E-state index contributed by atoms with van der Waals surface area (Å²) in [5.41, 5.74) is 8.37. The summed E-state index contributed by atoms with van der Waals surface area (Å²) in [4.78, 5) is 8.19. The van der Waals surface area contributed by atoms with E-state index in [4.69, 9.17) is 5.73 Å². The summed E-state index contributed by atoms with van der Waals surface area (Å²) in [5, 5.41) is 7.18. The summed E-state index contributed by atoms with van der Waals surface area (Å²) in [6.45, 7) is 3.74. The summed E-state index contributed by atoms with van der Waals surface area (Å²) in [6.07, 6.45) is 1.32. The Labute approximate surface area is 131 Å². The molecule has 23 heavy (non-hydrogen) atoms. The number of nitrogens with zero attached hydrogens (tertiary/aromatic N) is 4. The Balaban J connectivity index is 1.99. The molecule has 2 heterocycles. The minimum atomic E-state index is -0.957. The Morgan fingerprint density at radius 2 is 1.87 bits per heavy atom. The molecule has 0 spiro atoms. The van der Waals surface area contributed by atoms with E-state index >= 15 is 0 Å². The predicted octanol–water partition coefficient (Wildman–Crippen LogP) is 2.88. The quantitative estimate of drug-likeness (QED) is 0.776. The van der Waals surface area contributed by atoms with Gasteiger partial charge in [0, 0.05) is 17.4 Å². The van der Waals surface area contributed by atoms with Crippen molar-refractivity contribution in [3.63, 3.8) is 0 Å². The van der Waals surface area contributed by atoms with Crippen LogP contribution in [0.15, 0.2) is 30.6 Å². The molecule has 0 fully saturated rings. The fraction of sp³-hybridized carbons (Fsp3) is 0.133. The van der Waals surface area contributed by atoms with Crippen molar-refractivity contribution in [1.29, 1.82) is 0 Å². The third kappa shape index (κ3) is 2.83. The van der Waals surface area contributed by atoms with Crippen LogP contribution in [0.3, 0.4) is 0 Å². The molecule has 0 radical (unpaired) electrons. The molecular weight excluding hydrogens is 302 g/mol. The van der Waals surface area contributed by atoms with Crippen LogP contribution in [0.1, 0.15) is 11.4 Å². The molecular formula is C15H14F2N6. The van der Waals surface area contributed by atoms with E-state index in [-0.39, 0.29) is 11.5 Å². The highest BCUT2D eigenvalue weighted by atomic mass is 19.2. The summed E-state index contributed by atoms with van der Waals surface area (Å²) in [7, 11) is 0. The summed E-state index contributed by atoms with van der Waals surface area (Å²) >= 11 is 0. The number of nitrogen functional groups attached to an aromatic ring is 1. The average Bonchev–Trinajstić information content (AvgIpc) is 2.84. The van der Waals surface area contributed by atoms with Gasteiger partial charge in [-0.1, -0.05) is 0 Å². The second-order valence-corrected chi connectivity index (χ2v) is 5.05. The molecule has 0 amide bonds. The van der Waals surface area contributed by atoms with Gasteiger partial charge in [-0.2, -0.15) is 5.10 Å². The molecule has 118 valence electrons. The monoisotopic (exact) mass is 316 g/mol. The number of halogens is 2. The van der Waals surface area contributed by atoms with E-state index in [1.807, 2.05) is 19.9 Å². The highest BCUT2D eigenvalue weighted by molar-refractivity contribution is 5.73. The summed E-state index contributed by atoms with van der Waals surface area (Å²) < 4.78 is 27.9. The fourth-order valence-corrected chi connectivity index (χ4v) is 2.21. The van der Waals surface area contributed by atoms with Crippen LogP contribution in [0, 0.1) is 25.5 Å². The van der Waals surface area contributed by atoms with Gasteiger partial charge in [0.2, 0.25) is 0 Å². The first-order valence-corrected chi connectivity index (χ1v) is 6.82. The van der Waals surface area contributed by atoms with Crippen LogP contribution < -0.4 is 11.1 Å². The van der Waals surface area contributed by atoms with Crippen LogP contribution in [0.2, 0.25) is 0 Å². The fourth-order valence-electron chi connectivity index (χ4n) is 2.21.